The molecule has 0 bridgehead atoms. The quantitative estimate of drug-likeness (QED) is 0.489. The topological polar surface area (TPSA) is 126 Å². The molecule has 0 saturated carbocycles. The molecule has 0 spiro atoms. The second kappa shape index (κ2) is 4.02. The fraction of sp³-hybridized carbons (Fsp3) is 0. The van der Waals surface area contributed by atoms with Gasteiger partial charge < -0.3 is 16.5 Å². The van der Waals surface area contributed by atoms with E-state index in [4.69, 9.17) is 11.5 Å². The molecule has 0 atom stereocenters. The first kappa shape index (κ1) is 12.1. The van der Waals surface area contributed by atoms with E-state index in [9.17, 15) is 13.6 Å². The van der Waals surface area contributed by atoms with Gasteiger partial charge in [0.15, 0.2) is 22.8 Å². The Labute approximate surface area is 109 Å². The van der Waals surface area contributed by atoms with Crippen molar-refractivity contribution >= 4 is 22.8 Å². The van der Waals surface area contributed by atoms with E-state index in [-0.39, 0.29) is 34.2 Å². The molecule has 1 aromatic carbocycles. The Kier molecular flexibility index (Phi) is 2.43. The molecule has 2 aromatic heterocycles. The lowest BCUT2D eigenvalue weighted by molar-refractivity contribution is 0.509. The molecule has 0 amide bonds. The highest BCUT2D eigenvalue weighted by Crippen LogP contribution is 2.26. The highest BCUT2D eigenvalue weighted by atomic mass is 19.2. The van der Waals surface area contributed by atoms with Gasteiger partial charge in [-0.05, 0) is 6.07 Å². The van der Waals surface area contributed by atoms with E-state index in [2.05, 4.69) is 19.9 Å². The number of imidazole rings is 1. The summed E-state index contributed by atoms with van der Waals surface area (Å²) in [5.41, 5.74) is 10.7. The predicted octanol–water partition coefficient (Wildman–Crippen LogP) is 0.756. The van der Waals surface area contributed by atoms with Crippen LogP contribution in [-0.2, 0) is 0 Å². The van der Waals surface area contributed by atoms with Crippen LogP contribution in [-0.4, -0.2) is 19.9 Å². The summed E-state index contributed by atoms with van der Waals surface area (Å²) >= 11 is 0. The van der Waals surface area contributed by atoms with Crippen molar-refractivity contribution in [3.05, 3.63) is 34.1 Å². The van der Waals surface area contributed by atoms with E-state index in [1.54, 1.807) is 0 Å². The molecule has 3 rings (SSSR count). The number of hydrogen-bond donors (Lipinski definition) is 4. The average Bonchev–Trinajstić information content (AvgIpc) is 2.77. The zero-order valence-electron chi connectivity index (χ0n) is 9.87. The van der Waals surface area contributed by atoms with Crippen molar-refractivity contribution in [1.29, 1.82) is 0 Å². The zero-order valence-corrected chi connectivity index (χ0v) is 9.87. The summed E-state index contributed by atoms with van der Waals surface area (Å²) < 4.78 is 26.3. The van der Waals surface area contributed by atoms with Crippen LogP contribution in [0.4, 0.5) is 20.4 Å². The average molecular weight is 278 g/mol. The van der Waals surface area contributed by atoms with Gasteiger partial charge in [0, 0.05) is 17.3 Å². The van der Waals surface area contributed by atoms with E-state index in [1.165, 1.54) is 0 Å². The van der Waals surface area contributed by atoms with Crippen molar-refractivity contribution in [1.82, 2.24) is 19.9 Å². The number of nitrogens with two attached hydrogens (primary N) is 2. The van der Waals surface area contributed by atoms with Crippen LogP contribution in [0.15, 0.2) is 16.9 Å². The first-order valence-corrected chi connectivity index (χ1v) is 5.46. The number of anilines is 2. The number of aromatic amines is 2. The minimum Gasteiger partial charge on any atom is -0.398 e. The van der Waals surface area contributed by atoms with Crippen LogP contribution in [0.1, 0.15) is 0 Å². The molecule has 0 aliphatic heterocycles. The van der Waals surface area contributed by atoms with Gasteiger partial charge in [0.25, 0.3) is 5.56 Å². The molecular weight excluding hydrogens is 270 g/mol. The van der Waals surface area contributed by atoms with Crippen molar-refractivity contribution < 1.29 is 8.78 Å². The number of H-pyrrole nitrogens is 2. The predicted molar refractivity (Wildman–Crippen MR) is 68.7 cm³/mol. The minimum absolute atomic E-state index is 0.0210. The van der Waals surface area contributed by atoms with Gasteiger partial charge >= 0.3 is 0 Å². The summed E-state index contributed by atoms with van der Waals surface area (Å²) in [4.78, 5) is 24.4. The second-order valence-corrected chi connectivity index (χ2v) is 4.09. The SMILES string of the molecule is Nc1nc2nc(-c3cc(F)c(F)cc3N)[nH]c2c(=O)[nH]1. The molecule has 0 unspecified atom stereocenters. The van der Waals surface area contributed by atoms with Gasteiger partial charge in [-0.15, -0.1) is 0 Å². The zero-order chi connectivity index (χ0) is 14.4. The van der Waals surface area contributed by atoms with Gasteiger partial charge in [0.1, 0.15) is 5.82 Å². The number of rotatable bonds is 1. The van der Waals surface area contributed by atoms with Gasteiger partial charge in [-0.1, -0.05) is 0 Å². The van der Waals surface area contributed by atoms with Crippen LogP contribution in [0, 0.1) is 11.6 Å². The van der Waals surface area contributed by atoms with E-state index in [0.29, 0.717) is 0 Å². The van der Waals surface area contributed by atoms with E-state index in [1.807, 2.05) is 0 Å². The standard InChI is InChI=1S/C11H8F2N6O/c12-4-1-3(6(14)2-5(4)13)8-16-7-9(17-8)18-11(15)19-10(7)20/h1-2H,14H2,(H4,15,16,17,18,19,20). The van der Waals surface area contributed by atoms with Crippen molar-refractivity contribution in [3.8, 4) is 11.4 Å². The Balaban J connectivity index is 2.28. The molecule has 3 aromatic rings. The monoisotopic (exact) mass is 278 g/mol. The van der Waals surface area contributed by atoms with Crippen molar-refractivity contribution in [2.45, 2.75) is 0 Å². The molecular formula is C11H8F2N6O. The first-order chi connectivity index (χ1) is 9.45. The molecule has 0 radical (unpaired) electrons. The highest BCUT2D eigenvalue weighted by Gasteiger charge is 2.15. The van der Waals surface area contributed by atoms with Crippen LogP contribution < -0.4 is 17.0 Å². The number of nitrogen functional groups attached to an aromatic ring is 2. The van der Waals surface area contributed by atoms with Crippen LogP contribution in [0.3, 0.4) is 0 Å². The highest BCUT2D eigenvalue weighted by molar-refractivity contribution is 5.80. The largest absolute Gasteiger partial charge is 0.398 e. The van der Waals surface area contributed by atoms with Crippen LogP contribution >= 0.6 is 0 Å². The third-order valence-electron chi connectivity index (χ3n) is 2.73. The number of hydrogen-bond acceptors (Lipinski definition) is 5. The summed E-state index contributed by atoms with van der Waals surface area (Å²) in [6.07, 6.45) is 0. The maximum Gasteiger partial charge on any atom is 0.278 e. The van der Waals surface area contributed by atoms with E-state index in [0.717, 1.165) is 12.1 Å². The van der Waals surface area contributed by atoms with Crippen molar-refractivity contribution in [2.75, 3.05) is 11.5 Å². The van der Waals surface area contributed by atoms with Gasteiger partial charge in [-0.25, -0.2) is 13.8 Å². The summed E-state index contributed by atoms with van der Waals surface area (Å²) in [5, 5.41) is 0. The van der Waals surface area contributed by atoms with E-state index >= 15 is 0 Å². The van der Waals surface area contributed by atoms with Gasteiger partial charge in [0.05, 0.1) is 0 Å². The lowest BCUT2D eigenvalue weighted by Crippen LogP contribution is -2.10. The smallest absolute Gasteiger partial charge is 0.278 e. The van der Waals surface area contributed by atoms with Crippen molar-refractivity contribution in [3.63, 3.8) is 0 Å². The number of benzene rings is 1. The summed E-state index contributed by atoms with van der Waals surface area (Å²) in [6, 6.07) is 1.73. The second-order valence-electron chi connectivity index (χ2n) is 4.09. The molecule has 0 aliphatic rings. The number of aromatic nitrogens is 4. The minimum atomic E-state index is -1.07. The molecule has 7 nitrogen and oxygen atoms in total. The molecule has 0 fully saturated rings. The van der Waals surface area contributed by atoms with Gasteiger partial charge in [-0.2, -0.15) is 4.98 Å². The lowest BCUT2D eigenvalue weighted by Gasteiger charge is -2.02. The summed E-state index contributed by atoms with van der Waals surface area (Å²) in [6.45, 7) is 0. The number of halogens is 2. The normalized spacial score (nSPS) is 11.1. The molecule has 0 saturated heterocycles. The summed E-state index contributed by atoms with van der Waals surface area (Å²) in [5.74, 6) is -2.14. The van der Waals surface area contributed by atoms with Gasteiger partial charge in [-0.3, -0.25) is 9.78 Å². The Morgan fingerprint density at radius 3 is 2.50 bits per heavy atom. The van der Waals surface area contributed by atoms with Crippen LogP contribution in [0.25, 0.3) is 22.6 Å². The molecule has 9 heteroatoms. The van der Waals surface area contributed by atoms with Crippen molar-refractivity contribution in [2.24, 2.45) is 0 Å². The molecule has 6 N–H and O–H groups in total. The van der Waals surface area contributed by atoms with Crippen LogP contribution in [0.2, 0.25) is 0 Å². The Bertz CT molecular complexity index is 884. The molecule has 20 heavy (non-hydrogen) atoms. The maximum absolute atomic E-state index is 13.3. The van der Waals surface area contributed by atoms with E-state index < -0.39 is 17.2 Å². The Morgan fingerprint density at radius 2 is 1.75 bits per heavy atom. The van der Waals surface area contributed by atoms with Crippen LogP contribution in [0.5, 0.6) is 0 Å². The first-order valence-electron chi connectivity index (χ1n) is 5.46. The molecule has 0 aliphatic carbocycles. The fourth-order valence-corrected chi connectivity index (χ4v) is 1.82. The fourth-order valence-electron chi connectivity index (χ4n) is 1.82. The third-order valence-corrected chi connectivity index (χ3v) is 2.73. The maximum atomic E-state index is 13.3. The number of nitrogens with zero attached hydrogens (tertiary/aromatic N) is 2. The summed E-state index contributed by atoms with van der Waals surface area (Å²) in [7, 11) is 0. The lowest BCUT2D eigenvalue weighted by atomic mass is 10.1. The Hall–Kier alpha value is -2.97. The Morgan fingerprint density at radius 1 is 1.05 bits per heavy atom. The molecule has 102 valence electrons. The number of fused-ring (bicyclic) bond motifs is 1. The third kappa shape index (κ3) is 1.76. The van der Waals surface area contributed by atoms with Gasteiger partial charge in [0.2, 0.25) is 5.95 Å². The molecule has 2 heterocycles. The number of nitrogens with one attached hydrogen (secondary N) is 2.